The predicted octanol–water partition coefficient (Wildman–Crippen LogP) is 3.59. The number of nitrogens with zero attached hydrogens (tertiary/aromatic N) is 2. The zero-order valence-corrected chi connectivity index (χ0v) is 14.7. The van der Waals surface area contributed by atoms with Gasteiger partial charge in [-0.25, -0.2) is 8.42 Å². The van der Waals surface area contributed by atoms with Gasteiger partial charge in [0.25, 0.3) is 10.0 Å². The van der Waals surface area contributed by atoms with Crippen molar-refractivity contribution in [3.05, 3.63) is 67.0 Å². The van der Waals surface area contributed by atoms with E-state index in [1.54, 1.807) is 62.0 Å². The lowest BCUT2D eigenvalue weighted by Crippen LogP contribution is -2.13. The Balaban J connectivity index is 1.80. The van der Waals surface area contributed by atoms with Crippen LogP contribution in [0.4, 0.5) is 5.69 Å². The summed E-state index contributed by atoms with van der Waals surface area (Å²) in [6, 6.07) is 15.5. The Hall–Kier alpha value is -3.19. The molecule has 4 rings (SSSR count). The van der Waals surface area contributed by atoms with Crippen LogP contribution in [0.5, 0.6) is 5.75 Å². The molecule has 1 aromatic heterocycles. The Morgan fingerprint density at radius 1 is 0.885 bits per heavy atom. The van der Waals surface area contributed by atoms with Crippen molar-refractivity contribution < 1.29 is 13.2 Å². The number of benzene rings is 3. The second kappa shape index (κ2) is 6.27. The van der Waals surface area contributed by atoms with Crippen LogP contribution in [0.15, 0.2) is 71.9 Å². The lowest BCUT2D eigenvalue weighted by Gasteiger charge is -2.13. The van der Waals surface area contributed by atoms with E-state index in [0.29, 0.717) is 27.9 Å². The van der Waals surface area contributed by atoms with Gasteiger partial charge in [-0.05, 0) is 30.3 Å². The van der Waals surface area contributed by atoms with Crippen LogP contribution in [-0.2, 0) is 10.0 Å². The maximum atomic E-state index is 13.0. The number of nitrogens with one attached hydrogen (secondary N) is 1. The summed E-state index contributed by atoms with van der Waals surface area (Å²) in [5.41, 5.74) is 1.75. The minimum atomic E-state index is -3.79. The van der Waals surface area contributed by atoms with Crippen LogP contribution in [0.25, 0.3) is 21.8 Å². The smallest absolute Gasteiger partial charge is 0.262 e. The molecule has 0 bridgehead atoms. The molecule has 0 unspecified atom stereocenters. The van der Waals surface area contributed by atoms with Gasteiger partial charge < -0.3 is 4.74 Å². The topological polar surface area (TPSA) is 81.2 Å². The average molecular weight is 365 g/mol. The molecule has 1 N–H and O–H groups in total. The van der Waals surface area contributed by atoms with E-state index >= 15 is 0 Å². The van der Waals surface area contributed by atoms with E-state index in [1.165, 1.54) is 0 Å². The molecule has 0 amide bonds. The second-order valence-electron chi connectivity index (χ2n) is 5.68. The Kier molecular flexibility index (Phi) is 3.93. The Morgan fingerprint density at radius 2 is 1.62 bits per heavy atom. The number of aromatic nitrogens is 2. The van der Waals surface area contributed by atoms with Crippen molar-refractivity contribution in [3.8, 4) is 5.75 Å². The quantitative estimate of drug-likeness (QED) is 0.598. The first-order valence-corrected chi connectivity index (χ1v) is 9.36. The Labute approximate surface area is 150 Å². The number of hydrogen-bond donors (Lipinski definition) is 1. The highest BCUT2D eigenvalue weighted by molar-refractivity contribution is 7.93. The van der Waals surface area contributed by atoms with Crippen molar-refractivity contribution in [1.82, 2.24) is 9.97 Å². The molecular formula is C19H15N3O3S. The lowest BCUT2D eigenvalue weighted by molar-refractivity contribution is 0.419. The van der Waals surface area contributed by atoms with Crippen LogP contribution in [0, 0.1) is 0 Å². The van der Waals surface area contributed by atoms with Crippen molar-refractivity contribution >= 4 is 37.5 Å². The van der Waals surface area contributed by atoms with Crippen molar-refractivity contribution in [2.45, 2.75) is 4.90 Å². The maximum absolute atomic E-state index is 13.0. The van der Waals surface area contributed by atoms with Crippen molar-refractivity contribution in [2.75, 3.05) is 11.8 Å². The number of methoxy groups -OCH3 is 1. The fourth-order valence-corrected chi connectivity index (χ4v) is 4.15. The van der Waals surface area contributed by atoms with Crippen LogP contribution >= 0.6 is 0 Å². The van der Waals surface area contributed by atoms with Crippen molar-refractivity contribution in [1.29, 1.82) is 0 Å². The van der Waals surface area contributed by atoms with Crippen molar-refractivity contribution in [3.63, 3.8) is 0 Å². The molecule has 4 aromatic rings. The first-order chi connectivity index (χ1) is 12.6. The van der Waals surface area contributed by atoms with Gasteiger partial charge in [0.15, 0.2) is 0 Å². The lowest BCUT2D eigenvalue weighted by atomic mass is 10.1. The first kappa shape index (κ1) is 16.3. The fraction of sp³-hybridized carbons (Fsp3) is 0.0526. The third-order valence-electron chi connectivity index (χ3n) is 4.08. The highest BCUT2D eigenvalue weighted by Gasteiger charge is 2.19. The molecule has 0 aliphatic rings. The standard InChI is InChI=1S/C19H15N3O3S/c1-25-18-8-9-19(15-5-3-2-4-14(15)18)26(23,24)22-13-6-7-16-17(12-13)21-11-10-20-16/h2-12,22H,1H3. The molecule has 3 aromatic carbocycles. The van der Waals surface area contributed by atoms with Gasteiger partial charge in [0.1, 0.15) is 5.75 Å². The summed E-state index contributed by atoms with van der Waals surface area (Å²) in [6.07, 6.45) is 3.16. The minimum Gasteiger partial charge on any atom is -0.496 e. The van der Waals surface area contributed by atoms with Crippen molar-refractivity contribution in [2.24, 2.45) is 0 Å². The number of sulfonamides is 1. The summed E-state index contributed by atoms with van der Waals surface area (Å²) < 4.78 is 33.9. The van der Waals surface area contributed by atoms with E-state index in [4.69, 9.17) is 4.74 Å². The summed E-state index contributed by atoms with van der Waals surface area (Å²) in [7, 11) is -2.23. The first-order valence-electron chi connectivity index (χ1n) is 7.88. The number of fused-ring (bicyclic) bond motifs is 2. The molecule has 6 nitrogen and oxygen atoms in total. The molecule has 0 saturated carbocycles. The normalized spacial score (nSPS) is 11.6. The van der Waals surface area contributed by atoms with Crippen LogP contribution < -0.4 is 9.46 Å². The summed E-state index contributed by atoms with van der Waals surface area (Å²) in [5.74, 6) is 0.625. The zero-order valence-electron chi connectivity index (χ0n) is 13.9. The van der Waals surface area contributed by atoms with Crippen LogP contribution in [0.3, 0.4) is 0 Å². The molecule has 0 fully saturated rings. The van der Waals surface area contributed by atoms with Gasteiger partial charge in [-0.1, -0.05) is 24.3 Å². The zero-order chi connectivity index (χ0) is 18.1. The van der Waals surface area contributed by atoms with Gasteiger partial charge in [0, 0.05) is 23.2 Å². The fourth-order valence-electron chi connectivity index (χ4n) is 2.89. The van der Waals surface area contributed by atoms with Crippen LogP contribution in [-0.4, -0.2) is 25.5 Å². The largest absolute Gasteiger partial charge is 0.496 e. The van der Waals surface area contributed by atoms with E-state index in [0.717, 1.165) is 5.39 Å². The van der Waals surface area contributed by atoms with E-state index in [2.05, 4.69) is 14.7 Å². The van der Waals surface area contributed by atoms with Gasteiger partial charge in [-0.2, -0.15) is 0 Å². The molecular weight excluding hydrogens is 350 g/mol. The molecule has 0 radical (unpaired) electrons. The molecule has 0 spiro atoms. The molecule has 0 atom stereocenters. The highest BCUT2D eigenvalue weighted by atomic mass is 32.2. The third-order valence-corrected chi connectivity index (χ3v) is 5.51. The van der Waals surface area contributed by atoms with E-state index in [9.17, 15) is 8.42 Å². The Morgan fingerprint density at radius 3 is 2.38 bits per heavy atom. The molecule has 0 saturated heterocycles. The predicted molar refractivity (Wildman–Crippen MR) is 101 cm³/mol. The number of rotatable bonds is 4. The molecule has 1 heterocycles. The maximum Gasteiger partial charge on any atom is 0.262 e. The van der Waals surface area contributed by atoms with E-state index in [1.807, 2.05) is 12.1 Å². The number of anilines is 1. The van der Waals surface area contributed by atoms with E-state index in [-0.39, 0.29) is 4.90 Å². The van der Waals surface area contributed by atoms with E-state index < -0.39 is 10.0 Å². The van der Waals surface area contributed by atoms with Gasteiger partial charge in [-0.3, -0.25) is 14.7 Å². The molecule has 26 heavy (non-hydrogen) atoms. The van der Waals surface area contributed by atoms with Crippen LogP contribution in [0.1, 0.15) is 0 Å². The monoisotopic (exact) mass is 365 g/mol. The number of ether oxygens (including phenoxy) is 1. The van der Waals surface area contributed by atoms with Gasteiger partial charge in [0.2, 0.25) is 0 Å². The van der Waals surface area contributed by atoms with Crippen LogP contribution in [0.2, 0.25) is 0 Å². The highest BCUT2D eigenvalue weighted by Crippen LogP contribution is 2.31. The summed E-state index contributed by atoms with van der Waals surface area (Å²) in [5, 5.41) is 1.34. The number of hydrogen-bond acceptors (Lipinski definition) is 5. The van der Waals surface area contributed by atoms with Gasteiger partial charge in [-0.15, -0.1) is 0 Å². The molecule has 0 aliphatic carbocycles. The van der Waals surface area contributed by atoms with Gasteiger partial charge in [0.05, 0.1) is 28.7 Å². The molecule has 7 heteroatoms. The summed E-state index contributed by atoms with van der Waals surface area (Å²) in [4.78, 5) is 8.57. The summed E-state index contributed by atoms with van der Waals surface area (Å²) >= 11 is 0. The van der Waals surface area contributed by atoms with Gasteiger partial charge >= 0.3 is 0 Å². The summed E-state index contributed by atoms with van der Waals surface area (Å²) in [6.45, 7) is 0. The second-order valence-corrected chi connectivity index (χ2v) is 7.33. The molecule has 0 aliphatic heterocycles. The minimum absolute atomic E-state index is 0.188. The average Bonchev–Trinajstić information content (AvgIpc) is 2.66. The third kappa shape index (κ3) is 2.82. The molecule has 130 valence electrons. The Bertz CT molecular complexity index is 1220. The SMILES string of the molecule is COc1ccc(S(=O)(=O)Nc2ccc3nccnc3c2)c2ccccc12.